The van der Waals surface area contributed by atoms with Crippen molar-refractivity contribution < 1.29 is 9.47 Å². The van der Waals surface area contributed by atoms with E-state index in [2.05, 4.69) is 27.5 Å². The second kappa shape index (κ2) is 9.71. The molecule has 0 fully saturated rings. The Kier molecular flexibility index (Phi) is 6.57. The summed E-state index contributed by atoms with van der Waals surface area (Å²) in [5.41, 5.74) is 5.16. The number of aromatic nitrogens is 4. The van der Waals surface area contributed by atoms with E-state index in [1.54, 1.807) is 6.20 Å². The molecule has 3 aromatic heterocycles. The molecular formula is C25H28N4O2. The van der Waals surface area contributed by atoms with Crippen molar-refractivity contribution >= 4 is 11.0 Å². The third-order valence-electron chi connectivity index (χ3n) is 5.42. The Hall–Kier alpha value is -3.25. The van der Waals surface area contributed by atoms with Crippen LogP contribution in [0.3, 0.4) is 0 Å². The smallest absolute Gasteiger partial charge is 0.247 e. The molecule has 31 heavy (non-hydrogen) atoms. The number of nitrogens with zero attached hydrogens (tertiary/aromatic N) is 4. The summed E-state index contributed by atoms with van der Waals surface area (Å²) in [5, 5.41) is 0. The highest BCUT2D eigenvalue weighted by Crippen LogP contribution is 2.31. The molecule has 0 aliphatic heterocycles. The van der Waals surface area contributed by atoms with Crippen LogP contribution in [0.2, 0.25) is 0 Å². The van der Waals surface area contributed by atoms with E-state index in [9.17, 15) is 0 Å². The fourth-order valence-corrected chi connectivity index (χ4v) is 3.68. The number of benzene rings is 1. The highest BCUT2D eigenvalue weighted by molar-refractivity contribution is 5.85. The predicted octanol–water partition coefficient (Wildman–Crippen LogP) is 5.19. The van der Waals surface area contributed by atoms with Gasteiger partial charge in [-0.1, -0.05) is 24.3 Å². The van der Waals surface area contributed by atoms with Crippen LogP contribution in [0.4, 0.5) is 0 Å². The zero-order valence-electron chi connectivity index (χ0n) is 18.3. The Morgan fingerprint density at radius 2 is 1.77 bits per heavy atom. The van der Waals surface area contributed by atoms with Gasteiger partial charge in [-0.05, 0) is 62.9 Å². The quantitative estimate of drug-likeness (QED) is 0.351. The summed E-state index contributed by atoms with van der Waals surface area (Å²) < 4.78 is 14.2. The van der Waals surface area contributed by atoms with Crippen LogP contribution >= 0.6 is 0 Å². The Morgan fingerprint density at radius 1 is 0.935 bits per heavy atom. The molecule has 3 heterocycles. The number of rotatable bonds is 9. The number of aryl methyl sites for hydroxylation is 4. The maximum atomic E-state index is 6.07. The van der Waals surface area contributed by atoms with E-state index in [0.717, 1.165) is 59.9 Å². The Balaban J connectivity index is 1.44. The van der Waals surface area contributed by atoms with Crippen LogP contribution in [-0.2, 0) is 17.7 Å². The molecule has 0 N–H and O–H groups in total. The van der Waals surface area contributed by atoms with Gasteiger partial charge in [0.25, 0.3) is 0 Å². The fourth-order valence-electron chi connectivity index (χ4n) is 3.68. The molecule has 0 spiro atoms. The van der Waals surface area contributed by atoms with Gasteiger partial charge in [-0.25, -0.2) is 9.97 Å². The first-order valence-corrected chi connectivity index (χ1v) is 10.7. The average Bonchev–Trinajstić information content (AvgIpc) is 3.12. The molecule has 0 bridgehead atoms. The Morgan fingerprint density at radius 3 is 2.55 bits per heavy atom. The molecule has 0 radical (unpaired) electrons. The molecule has 4 aromatic rings. The van der Waals surface area contributed by atoms with E-state index in [1.807, 2.05) is 56.4 Å². The summed E-state index contributed by atoms with van der Waals surface area (Å²) >= 11 is 0. The third kappa shape index (κ3) is 4.91. The summed E-state index contributed by atoms with van der Waals surface area (Å²) in [6, 6.07) is 13.8. The van der Waals surface area contributed by atoms with Crippen molar-refractivity contribution in [1.29, 1.82) is 0 Å². The molecule has 0 aliphatic carbocycles. The van der Waals surface area contributed by atoms with E-state index in [4.69, 9.17) is 14.5 Å². The Bertz CT molecular complexity index is 1140. The summed E-state index contributed by atoms with van der Waals surface area (Å²) in [5.74, 6) is 2.23. The standard InChI is InChI=1S/C25H28N4O2/c1-18-19(2)27-25(31-22-11-5-4-6-12-22)23-24(18)29(20(3)28-23)14-16-30-15-8-10-21-9-7-13-26-17-21/h4-7,9,11-13,17H,8,10,14-16H2,1-3H3. The van der Waals surface area contributed by atoms with E-state index in [-0.39, 0.29) is 0 Å². The van der Waals surface area contributed by atoms with E-state index in [0.29, 0.717) is 12.5 Å². The molecule has 0 atom stereocenters. The van der Waals surface area contributed by atoms with Gasteiger partial charge in [-0.2, -0.15) is 0 Å². The molecule has 6 nitrogen and oxygen atoms in total. The first kappa shape index (κ1) is 21.0. The number of hydrogen-bond donors (Lipinski definition) is 0. The van der Waals surface area contributed by atoms with Crippen molar-refractivity contribution in [1.82, 2.24) is 19.5 Å². The normalized spacial score (nSPS) is 11.2. The topological polar surface area (TPSA) is 62.1 Å². The lowest BCUT2D eigenvalue weighted by Gasteiger charge is -2.12. The van der Waals surface area contributed by atoms with Crippen molar-refractivity contribution in [2.75, 3.05) is 13.2 Å². The number of pyridine rings is 2. The monoisotopic (exact) mass is 416 g/mol. The zero-order valence-corrected chi connectivity index (χ0v) is 18.3. The van der Waals surface area contributed by atoms with Crippen LogP contribution in [0.25, 0.3) is 11.0 Å². The van der Waals surface area contributed by atoms with Gasteiger partial charge < -0.3 is 14.0 Å². The molecule has 4 rings (SSSR count). The third-order valence-corrected chi connectivity index (χ3v) is 5.42. The summed E-state index contributed by atoms with van der Waals surface area (Å²) in [6.07, 6.45) is 5.67. The van der Waals surface area contributed by atoms with Gasteiger partial charge in [0.1, 0.15) is 11.6 Å². The van der Waals surface area contributed by atoms with Crippen LogP contribution in [-0.4, -0.2) is 32.7 Å². The molecule has 0 saturated heterocycles. The van der Waals surface area contributed by atoms with Crippen LogP contribution < -0.4 is 4.74 Å². The first-order chi connectivity index (χ1) is 15.1. The largest absolute Gasteiger partial charge is 0.437 e. The summed E-state index contributed by atoms with van der Waals surface area (Å²) in [6.45, 7) is 8.21. The second-order valence-electron chi connectivity index (χ2n) is 7.63. The minimum atomic E-state index is 0.545. The van der Waals surface area contributed by atoms with Crippen LogP contribution in [0.5, 0.6) is 11.6 Å². The highest BCUT2D eigenvalue weighted by atomic mass is 16.5. The fraction of sp³-hybridized carbons (Fsp3) is 0.320. The number of imidazole rings is 1. The number of hydrogen-bond acceptors (Lipinski definition) is 5. The number of para-hydroxylation sites is 1. The average molecular weight is 417 g/mol. The van der Waals surface area contributed by atoms with Gasteiger partial charge in [-0.3, -0.25) is 4.98 Å². The first-order valence-electron chi connectivity index (χ1n) is 10.7. The van der Waals surface area contributed by atoms with Gasteiger partial charge in [-0.15, -0.1) is 0 Å². The SMILES string of the molecule is Cc1nc(Oc2ccccc2)c2nc(C)n(CCOCCCc3cccnc3)c2c1C. The molecule has 0 amide bonds. The Labute approximate surface area is 182 Å². The van der Waals surface area contributed by atoms with Crippen LogP contribution in [0.15, 0.2) is 54.9 Å². The maximum absolute atomic E-state index is 6.07. The van der Waals surface area contributed by atoms with Gasteiger partial charge >= 0.3 is 0 Å². The minimum Gasteiger partial charge on any atom is -0.437 e. The van der Waals surface area contributed by atoms with Gasteiger partial charge in [0.2, 0.25) is 5.88 Å². The minimum absolute atomic E-state index is 0.545. The summed E-state index contributed by atoms with van der Waals surface area (Å²) in [4.78, 5) is 13.6. The van der Waals surface area contributed by atoms with Crippen LogP contribution in [0.1, 0.15) is 29.1 Å². The molecule has 6 heteroatoms. The van der Waals surface area contributed by atoms with Gasteiger partial charge in [0, 0.05) is 31.2 Å². The van der Waals surface area contributed by atoms with E-state index < -0.39 is 0 Å². The lowest BCUT2D eigenvalue weighted by Crippen LogP contribution is -2.09. The molecular weight excluding hydrogens is 388 g/mol. The molecule has 0 saturated carbocycles. The maximum Gasteiger partial charge on any atom is 0.247 e. The second-order valence-corrected chi connectivity index (χ2v) is 7.63. The number of ether oxygens (including phenoxy) is 2. The lowest BCUT2D eigenvalue weighted by molar-refractivity contribution is 0.124. The molecule has 160 valence electrons. The van der Waals surface area contributed by atoms with Crippen molar-refractivity contribution in [3.63, 3.8) is 0 Å². The predicted molar refractivity (Wildman–Crippen MR) is 122 cm³/mol. The number of fused-ring (bicyclic) bond motifs is 1. The molecule has 0 unspecified atom stereocenters. The van der Waals surface area contributed by atoms with Crippen molar-refractivity contribution in [2.24, 2.45) is 0 Å². The van der Waals surface area contributed by atoms with Gasteiger partial charge in [0.05, 0.1) is 12.1 Å². The van der Waals surface area contributed by atoms with Crippen molar-refractivity contribution in [3.05, 3.63) is 77.5 Å². The van der Waals surface area contributed by atoms with Crippen molar-refractivity contribution in [3.8, 4) is 11.6 Å². The van der Waals surface area contributed by atoms with Gasteiger partial charge in [0.15, 0.2) is 5.52 Å². The highest BCUT2D eigenvalue weighted by Gasteiger charge is 2.18. The molecule has 1 aromatic carbocycles. The lowest BCUT2D eigenvalue weighted by atomic mass is 10.2. The van der Waals surface area contributed by atoms with E-state index in [1.165, 1.54) is 5.56 Å². The summed E-state index contributed by atoms with van der Waals surface area (Å²) in [7, 11) is 0. The zero-order chi connectivity index (χ0) is 21.6. The molecule has 0 aliphatic rings. The van der Waals surface area contributed by atoms with E-state index >= 15 is 0 Å². The van der Waals surface area contributed by atoms with Crippen molar-refractivity contribution in [2.45, 2.75) is 40.2 Å². The van der Waals surface area contributed by atoms with Crippen LogP contribution in [0, 0.1) is 20.8 Å².